The summed E-state index contributed by atoms with van der Waals surface area (Å²) in [6, 6.07) is 11.5. The number of amides is 1. The van der Waals surface area contributed by atoms with Crippen molar-refractivity contribution in [3.05, 3.63) is 67.4 Å². The molecule has 1 fully saturated rings. The van der Waals surface area contributed by atoms with Crippen LogP contribution >= 0.6 is 0 Å². The molecule has 0 bridgehead atoms. The van der Waals surface area contributed by atoms with Crippen molar-refractivity contribution < 1.29 is 4.79 Å². The number of hydrogen-bond acceptors (Lipinski definition) is 7. The van der Waals surface area contributed by atoms with E-state index < -0.39 is 0 Å². The van der Waals surface area contributed by atoms with Crippen LogP contribution < -0.4 is 5.32 Å². The van der Waals surface area contributed by atoms with Gasteiger partial charge < -0.3 is 10.3 Å². The first-order valence-electron chi connectivity index (χ1n) is 12.6. The molecular formula is C28H23N9O. The van der Waals surface area contributed by atoms with Crippen molar-refractivity contribution in [2.75, 3.05) is 5.32 Å². The van der Waals surface area contributed by atoms with Crippen LogP contribution in [0.1, 0.15) is 25.7 Å². The molecule has 0 spiro atoms. The molecular weight excluding hydrogens is 478 g/mol. The lowest BCUT2D eigenvalue weighted by atomic mass is 10.1. The van der Waals surface area contributed by atoms with Gasteiger partial charge in [0.2, 0.25) is 5.91 Å². The third-order valence-electron chi connectivity index (χ3n) is 7.00. The van der Waals surface area contributed by atoms with Gasteiger partial charge in [-0.15, -0.1) is 0 Å². The molecule has 1 saturated carbocycles. The molecule has 1 amide bonds. The third-order valence-corrected chi connectivity index (χ3v) is 7.00. The number of carbonyl (C=O) groups is 1. The van der Waals surface area contributed by atoms with E-state index in [2.05, 4.69) is 35.5 Å². The second-order valence-corrected chi connectivity index (χ2v) is 9.48. The van der Waals surface area contributed by atoms with E-state index in [1.807, 2.05) is 36.4 Å². The van der Waals surface area contributed by atoms with Gasteiger partial charge in [0.15, 0.2) is 11.5 Å². The summed E-state index contributed by atoms with van der Waals surface area (Å²) in [7, 11) is 0. The molecule has 1 aliphatic carbocycles. The lowest BCUT2D eigenvalue weighted by Crippen LogP contribution is -2.20. The smallest absolute Gasteiger partial charge is 0.227 e. The summed E-state index contributed by atoms with van der Waals surface area (Å²) in [6.45, 7) is 0. The summed E-state index contributed by atoms with van der Waals surface area (Å²) < 4.78 is 0. The van der Waals surface area contributed by atoms with Crippen molar-refractivity contribution in [2.45, 2.75) is 25.7 Å². The molecule has 0 saturated heterocycles. The van der Waals surface area contributed by atoms with E-state index >= 15 is 0 Å². The number of hydrogen-bond donors (Lipinski definition) is 3. The van der Waals surface area contributed by atoms with Gasteiger partial charge in [0, 0.05) is 41.8 Å². The van der Waals surface area contributed by atoms with E-state index in [9.17, 15) is 4.79 Å². The maximum Gasteiger partial charge on any atom is 0.227 e. The number of H-pyrrole nitrogens is 2. The molecule has 38 heavy (non-hydrogen) atoms. The second kappa shape index (κ2) is 9.15. The van der Waals surface area contributed by atoms with Crippen LogP contribution in [0.25, 0.3) is 56.1 Å². The molecule has 0 unspecified atom stereocenters. The molecule has 0 atom stereocenters. The Bertz CT molecular complexity index is 1780. The van der Waals surface area contributed by atoms with Crippen molar-refractivity contribution in [3.8, 4) is 34.0 Å². The predicted molar refractivity (Wildman–Crippen MR) is 144 cm³/mol. The molecule has 10 nitrogen and oxygen atoms in total. The Labute approximate surface area is 217 Å². The first-order valence-corrected chi connectivity index (χ1v) is 12.6. The molecule has 3 N–H and O–H groups in total. The molecule has 0 radical (unpaired) electrons. The molecule has 6 heterocycles. The minimum absolute atomic E-state index is 0.0620. The molecule has 1 aliphatic rings. The highest BCUT2D eigenvalue weighted by Gasteiger charge is 2.23. The lowest BCUT2D eigenvalue weighted by molar-refractivity contribution is -0.119. The van der Waals surface area contributed by atoms with E-state index in [1.165, 1.54) is 0 Å². The van der Waals surface area contributed by atoms with Crippen LogP contribution in [-0.2, 0) is 4.79 Å². The Morgan fingerprint density at radius 2 is 1.74 bits per heavy atom. The summed E-state index contributed by atoms with van der Waals surface area (Å²) in [5.74, 6) is 0.732. The fourth-order valence-corrected chi connectivity index (χ4v) is 5.07. The zero-order valence-electron chi connectivity index (χ0n) is 20.3. The van der Waals surface area contributed by atoms with Crippen molar-refractivity contribution in [3.63, 3.8) is 0 Å². The Morgan fingerprint density at radius 1 is 0.868 bits per heavy atom. The van der Waals surface area contributed by atoms with Crippen LogP contribution in [0.5, 0.6) is 0 Å². The van der Waals surface area contributed by atoms with E-state index in [0.717, 1.165) is 64.7 Å². The number of nitrogens with one attached hydrogen (secondary N) is 3. The molecule has 0 aromatic carbocycles. The summed E-state index contributed by atoms with van der Waals surface area (Å²) in [4.78, 5) is 38.8. The number of rotatable bonds is 5. The monoisotopic (exact) mass is 501 g/mol. The van der Waals surface area contributed by atoms with Gasteiger partial charge in [-0.25, -0.2) is 9.97 Å². The maximum atomic E-state index is 12.6. The molecule has 0 aliphatic heterocycles. The van der Waals surface area contributed by atoms with Gasteiger partial charge in [-0.2, -0.15) is 5.10 Å². The van der Waals surface area contributed by atoms with E-state index in [1.54, 1.807) is 31.0 Å². The van der Waals surface area contributed by atoms with Crippen LogP contribution in [0, 0.1) is 5.92 Å². The van der Waals surface area contributed by atoms with Gasteiger partial charge in [0.1, 0.15) is 11.0 Å². The van der Waals surface area contributed by atoms with Gasteiger partial charge in [0.25, 0.3) is 0 Å². The Balaban J connectivity index is 1.25. The standard InChI is InChI=1S/C28H23N9O/c38-28(16-4-1-2-5-16)32-19-12-18(14-30-15-19)20-7-8-22-25(33-20)26(37-36-22)27-34-21-9-11-31-23(24(21)35-27)17-6-3-10-29-13-17/h3,6-16H,1-2,4-5H2,(H,32,38)(H,34,35)(H,36,37). The molecule has 10 heteroatoms. The van der Waals surface area contributed by atoms with Crippen LogP contribution in [0.4, 0.5) is 5.69 Å². The fraction of sp³-hybridized carbons (Fsp3) is 0.179. The normalized spacial score (nSPS) is 13.9. The zero-order valence-corrected chi connectivity index (χ0v) is 20.3. The number of fused-ring (bicyclic) bond motifs is 2. The first-order chi connectivity index (χ1) is 18.7. The number of aromatic amines is 2. The minimum Gasteiger partial charge on any atom is -0.336 e. The van der Waals surface area contributed by atoms with E-state index in [4.69, 9.17) is 9.97 Å². The fourth-order valence-electron chi connectivity index (χ4n) is 5.07. The third kappa shape index (κ3) is 3.96. The summed E-state index contributed by atoms with van der Waals surface area (Å²) in [5, 5.41) is 10.6. The van der Waals surface area contributed by atoms with Gasteiger partial charge in [0.05, 0.1) is 34.3 Å². The number of pyridine rings is 4. The van der Waals surface area contributed by atoms with Gasteiger partial charge >= 0.3 is 0 Å². The van der Waals surface area contributed by atoms with Crippen LogP contribution in [0.2, 0.25) is 0 Å². The number of aromatic nitrogens is 8. The number of carbonyl (C=O) groups excluding carboxylic acids is 1. The van der Waals surface area contributed by atoms with Crippen molar-refractivity contribution in [1.82, 2.24) is 40.1 Å². The van der Waals surface area contributed by atoms with Gasteiger partial charge in [-0.1, -0.05) is 12.8 Å². The largest absolute Gasteiger partial charge is 0.336 e. The van der Waals surface area contributed by atoms with Crippen molar-refractivity contribution in [2.24, 2.45) is 5.92 Å². The van der Waals surface area contributed by atoms with Crippen molar-refractivity contribution in [1.29, 1.82) is 0 Å². The molecule has 186 valence electrons. The second-order valence-electron chi connectivity index (χ2n) is 9.48. The number of nitrogens with zero attached hydrogens (tertiary/aromatic N) is 6. The predicted octanol–water partition coefficient (Wildman–Crippen LogP) is 5.15. The average Bonchev–Trinajstić information content (AvgIpc) is 3.73. The summed E-state index contributed by atoms with van der Waals surface area (Å²) in [6.07, 6.45) is 12.8. The van der Waals surface area contributed by atoms with Crippen molar-refractivity contribution >= 4 is 33.7 Å². The van der Waals surface area contributed by atoms with Crippen LogP contribution in [-0.4, -0.2) is 46.0 Å². The number of imidazole rings is 1. The quantitative estimate of drug-likeness (QED) is 0.297. The minimum atomic E-state index is 0.0620. The summed E-state index contributed by atoms with van der Waals surface area (Å²) in [5.41, 5.74) is 7.47. The summed E-state index contributed by atoms with van der Waals surface area (Å²) >= 11 is 0. The Kier molecular flexibility index (Phi) is 5.35. The lowest BCUT2D eigenvalue weighted by Gasteiger charge is -2.11. The highest BCUT2D eigenvalue weighted by molar-refractivity contribution is 5.95. The first kappa shape index (κ1) is 22.2. The van der Waals surface area contributed by atoms with Gasteiger partial charge in [-0.05, 0) is 49.2 Å². The highest BCUT2D eigenvalue weighted by Crippen LogP contribution is 2.31. The van der Waals surface area contributed by atoms with Gasteiger partial charge in [-0.3, -0.25) is 24.8 Å². The average molecular weight is 502 g/mol. The van der Waals surface area contributed by atoms with Crippen LogP contribution in [0.3, 0.4) is 0 Å². The molecule has 6 aromatic heterocycles. The van der Waals surface area contributed by atoms with E-state index in [0.29, 0.717) is 22.7 Å². The molecule has 7 rings (SSSR count). The molecule has 6 aromatic rings. The Hall–Kier alpha value is -4.99. The highest BCUT2D eigenvalue weighted by atomic mass is 16.1. The number of anilines is 1. The zero-order chi connectivity index (χ0) is 25.5. The van der Waals surface area contributed by atoms with E-state index in [-0.39, 0.29) is 11.8 Å². The maximum absolute atomic E-state index is 12.6. The topological polar surface area (TPSA) is 138 Å². The Morgan fingerprint density at radius 3 is 2.61 bits per heavy atom. The SMILES string of the molecule is O=C(Nc1cncc(-c2ccc3[nH]nc(-c4nc5c(-c6cccnc6)nccc5[nH]4)c3n2)c1)C1CCCC1. The van der Waals surface area contributed by atoms with Crippen LogP contribution in [0.15, 0.2) is 67.4 Å².